The van der Waals surface area contributed by atoms with Crippen molar-refractivity contribution in [2.75, 3.05) is 38.3 Å². The Bertz CT molecular complexity index is 1430. The molecule has 1 N–H and O–H groups in total. The zero-order valence-electron chi connectivity index (χ0n) is 24.2. The third-order valence-electron chi connectivity index (χ3n) is 9.15. The van der Waals surface area contributed by atoms with Gasteiger partial charge in [0, 0.05) is 30.1 Å². The zero-order valence-corrected chi connectivity index (χ0v) is 25.0. The van der Waals surface area contributed by atoms with Crippen LogP contribution in [0.1, 0.15) is 31.9 Å². The van der Waals surface area contributed by atoms with Crippen LogP contribution in [0, 0.1) is 11.8 Å². The van der Waals surface area contributed by atoms with Gasteiger partial charge in [-0.25, -0.2) is 0 Å². The Morgan fingerprint density at radius 2 is 1.67 bits per heavy atom. The molecule has 9 heteroatoms. The molecule has 0 saturated carbocycles. The number of anilines is 1. The van der Waals surface area contributed by atoms with Gasteiger partial charge in [-0.1, -0.05) is 61.6 Å². The lowest BCUT2D eigenvalue weighted by molar-refractivity contribution is -0.145. The number of hydrogen-bond acceptors (Lipinski definition) is 6. The van der Waals surface area contributed by atoms with E-state index in [1.54, 1.807) is 28.7 Å². The lowest BCUT2D eigenvalue weighted by Gasteiger charge is -2.40. The van der Waals surface area contributed by atoms with Gasteiger partial charge in [-0.05, 0) is 43.2 Å². The van der Waals surface area contributed by atoms with Crippen molar-refractivity contribution in [2.45, 2.75) is 41.8 Å². The highest BCUT2D eigenvalue weighted by molar-refractivity contribution is 8.02. The first-order valence-electron chi connectivity index (χ1n) is 14.6. The maximum Gasteiger partial charge on any atom is 0.251 e. The van der Waals surface area contributed by atoms with Crippen molar-refractivity contribution in [3.63, 3.8) is 0 Å². The highest BCUT2D eigenvalue weighted by Crippen LogP contribution is 2.66. The van der Waals surface area contributed by atoms with Crippen LogP contribution in [0.3, 0.4) is 0 Å². The van der Waals surface area contributed by atoms with Crippen LogP contribution in [-0.4, -0.2) is 81.5 Å². The number of hydrogen-bond donors (Lipinski definition) is 1. The maximum absolute atomic E-state index is 14.8. The van der Waals surface area contributed by atoms with Gasteiger partial charge in [0.2, 0.25) is 11.8 Å². The summed E-state index contributed by atoms with van der Waals surface area (Å²) in [5.74, 6) is -1.28. The standard InChI is InChI=1S/C33H37N3O5S/c1-4-18-34-19-8-16-32(2)26(29(34)38)27-30(39)36(25(21-37)22-10-6-5-7-11-22)28-31(40)35(20-9-17-33(27,28)42-32)23-12-14-24(41-3)15-13-23/h5-17,25-28,37H,4,18-21H2,1-3H3/t25-,26+,27+,28?,32-,33+/m1/s1. The van der Waals surface area contributed by atoms with Crippen molar-refractivity contribution in [1.29, 1.82) is 0 Å². The fourth-order valence-corrected chi connectivity index (χ4v) is 9.49. The molecule has 42 heavy (non-hydrogen) atoms. The summed E-state index contributed by atoms with van der Waals surface area (Å²) >= 11 is 1.55. The number of nitrogens with zero attached hydrogens (tertiary/aromatic N) is 3. The van der Waals surface area contributed by atoms with Gasteiger partial charge in [0.25, 0.3) is 5.91 Å². The molecule has 0 aromatic heterocycles. The number of methoxy groups -OCH3 is 1. The van der Waals surface area contributed by atoms with Gasteiger partial charge in [-0.2, -0.15) is 0 Å². The van der Waals surface area contributed by atoms with E-state index in [0.29, 0.717) is 31.1 Å². The number of amides is 3. The Labute approximate surface area is 251 Å². The number of aliphatic hydroxyl groups excluding tert-OH is 1. The summed E-state index contributed by atoms with van der Waals surface area (Å²) in [7, 11) is 1.59. The Kier molecular flexibility index (Phi) is 7.43. The predicted octanol–water partition coefficient (Wildman–Crippen LogP) is 3.83. The summed E-state index contributed by atoms with van der Waals surface area (Å²) < 4.78 is 3.66. The smallest absolute Gasteiger partial charge is 0.251 e. The van der Waals surface area contributed by atoms with Gasteiger partial charge in [0.15, 0.2) is 0 Å². The molecule has 2 saturated heterocycles. The number of likely N-dealkylation sites (tertiary alicyclic amines) is 1. The van der Waals surface area contributed by atoms with E-state index in [9.17, 15) is 19.5 Å². The van der Waals surface area contributed by atoms with Crippen LogP contribution in [0.15, 0.2) is 78.9 Å². The second-order valence-electron chi connectivity index (χ2n) is 11.6. The summed E-state index contributed by atoms with van der Waals surface area (Å²) in [6.45, 7) is 5.14. The molecular weight excluding hydrogens is 550 g/mol. The van der Waals surface area contributed by atoms with E-state index in [-0.39, 0.29) is 24.3 Å². The van der Waals surface area contributed by atoms with E-state index in [1.165, 1.54) is 0 Å². The number of rotatable bonds is 7. The SMILES string of the molecule is CCCN1CC=C[C@@]2(C)S[C@]34C=CCN(c5ccc(OC)cc5)C(=O)C3N([C@H](CO)c3ccccc3)C(=O)[C@@H]4[C@H]2C1=O. The van der Waals surface area contributed by atoms with Crippen LogP contribution in [0.25, 0.3) is 0 Å². The van der Waals surface area contributed by atoms with Crippen LogP contribution in [0.2, 0.25) is 0 Å². The van der Waals surface area contributed by atoms with Gasteiger partial charge in [-0.3, -0.25) is 14.4 Å². The molecule has 4 aliphatic heterocycles. The van der Waals surface area contributed by atoms with Crippen molar-refractivity contribution in [3.05, 3.63) is 84.5 Å². The minimum absolute atomic E-state index is 0.0509. The fraction of sp³-hybridized carbons (Fsp3) is 0.424. The quantitative estimate of drug-likeness (QED) is 0.496. The van der Waals surface area contributed by atoms with E-state index < -0.39 is 33.4 Å². The number of thioether (sulfide) groups is 1. The molecule has 8 nitrogen and oxygen atoms in total. The molecule has 2 aromatic carbocycles. The number of ether oxygens (including phenoxy) is 1. The van der Waals surface area contributed by atoms with Crippen LogP contribution in [-0.2, 0) is 14.4 Å². The summed E-state index contributed by atoms with van der Waals surface area (Å²) in [4.78, 5) is 49.0. The molecule has 220 valence electrons. The molecule has 3 amide bonds. The van der Waals surface area contributed by atoms with Crippen molar-refractivity contribution in [3.8, 4) is 5.75 Å². The molecule has 4 heterocycles. The van der Waals surface area contributed by atoms with E-state index in [0.717, 1.165) is 12.0 Å². The van der Waals surface area contributed by atoms with E-state index in [1.807, 2.05) is 91.6 Å². The molecule has 2 aromatic rings. The van der Waals surface area contributed by atoms with Crippen molar-refractivity contribution < 1.29 is 24.2 Å². The number of aliphatic hydroxyl groups is 1. The molecule has 0 aliphatic carbocycles. The Hall–Kier alpha value is -3.56. The van der Waals surface area contributed by atoms with Gasteiger partial charge < -0.3 is 24.5 Å². The van der Waals surface area contributed by atoms with Crippen molar-refractivity contribution in [1.82, 2.24) is 9.80 Å². The Balaban J connectivity index is 1.52. The van der Waals surface area contributed by atoms with Crippen LogP contribution >= 0.6 is 11.8 Å². The highest BCUT2D eigenvalue weighted by atomic mass is 32.2. The first kappa shape index (κ1) is 28.6. The van der Waals surface area contributed by atoms with Gasteiger partial charge in [0.1, 0.15) is 11.8 Å². The monoisotopic (exact) mass is 587 g/mol. The summed E-state index contributed by atoms with van der Waals surface area (Å²) in [5.41, 5.74) is 1.43. The zero-order chi connectivity index (χ0) is 29.6. The number of carbonyl (C=O) groups excluding carboxylic acids is 3. The molecule has 6 atom stereocenters. The molecule has 0 radical (unpaired) electrons. The third kappa shape index (κ3) is 4.28. The molecule has 6 rings (SSSR count). The Morgan fingerprint density at radius 1 is 0.952 bits per heavy atom. The molecule has 4 aliphatic rings. The van der Waals surface area contributed by atoms with Crippen molar-refractivity contribution >= 4 is 35.2 Å². The minimum atomic E-state index is -0.994. The molecular formula is C33H37N3O5S. The van der Waals surface area contributed by atoms with Gasteiger partial charge in [0.05, 0.1) is 36.3 Å². The average Bonchev–Trinajstić information content (AvgIpc) is 3.27. The third-order valence-corrected chi connectivity index (χ3v) is 10.9. The normalized spacial score (nSPS) is 31.0. The fourth-order valence-electron chi connectivity index (χ4n) is 7.34. The van der Waals surface area contributed by atoms with Crippen LogP contribution in [0.5, 0.6) is 5.75 Å². The number of carbonyl (C=O) groups is 3. The summed E-state index contributed by atoms with van der Waals surface area (Å²) in [5, 5.41) is 10.8. The first-order chi connectivity index (χ1) is 20.3. The lowest BCUT2D eigenvalue weighted by Crippen LogP contribution is -2.54. The van der Waals surface area contributed by atoms with E-state index in [2.05, 4.69) is 6.08 Å². The molecule has 1 spiro atoms. The number of benzene rings is 2. The van der Waals surface area contributed by atoms with Gasteiger partial charge >= 0.3 is 0 Å². The maximum atomic E-state index is 14.8. The second-order valence-corrected chi connectivity index (χ2v) is 13.4. The summed E-state index contributed by atoms with van der Waals surface area (Å²) in [6, 6.07) is 15.0. The topological polar surface area (TPSA) is 90.4 Å². The van der Waals surface area contributed by atoms with E-state index >= 15 is 0 Å². The molecule has 0 bridgehead atoms. The second kappa shape index (κ2) is 10.9. The largest absolute Gasteiger partial charge is 0.497 e. The minimum Gasteiger partial charge on any atom is -0.497 e. The van der Waals surface area contributed by atoms with Gasteiger partial charge in [-0.15, -0.1) is 11.8 Å². The molecule has 1 unspecified atom stereocenters. The van der Waals surface area contributed by atoms with E-state index in [4.69, 9.17) is 4.74 Å². The summed E-state index contributed by atoms with van der Waals surface area (Å²) in [6.07, 6.45) is 8.88. The van der Waals surface area contributed by atoms with Crippen molar-refractivity contribution in [2.24, 2.45) is 11.8 Å². The lowest BCUT2D eigenvalue weighted by atomic mass is 9.74. The average molecular weight is 588 g/mol. The first-order valence-corrected chi connectivity index (χ1v) is 15.4. The van der Waals surface area contributed by atoms with Crippen LogP contribution in [0.4, 0.5) is 5.69 Å². The highest BCUT2D eigenvalue weighted by Gasteiger charge is 2.74. The molecule has 2 fully saturated rings. The number of fused-ring (bicyclic) bond motifs is 2. The predicted molar refractivity (Wildman–Crippen MR) is 163 cm³/mol. The Morgan fingerprint density at radius 3 is 2.33 bits per heavy atom. The van der Waals surface area contributed by atoms with Crippen LogP contribution < -0.4 is 9.64 Å².